The van der Waals surface area contributed by atoms with Crippen molar-refractivity contribution in [3.63, 3.8) is 0 Å². The van der Waals surface area contributed by atoms with E-state index in [2.05, 4.69) is 34.1 Å². The molecule has 2 fully saturated rings. The first-order valence-corrected chi connectivity index (χ1v) is 11.1. The molecule has 1 saturated carbocycles. The topological polar surface area (TPSA) is 65.6 Å². The molecule has 1 aromatic heterocycles. The summed E-state index contributed by atoms with van der Waals surface area (Å²) in [6.07, 6.45) is 3.08. The zero-order valence-electron chi connectivity index (χ0n) is 17.6. The second-order valence-corrected chi connectivity index (χ2v) is 10.2. The number of aliphatic hydroxyl groups excluding tert-OH is 1. The molecule has 3 aliphatic rings. The molecular weight excluding hydrogens is 364 g/mol. The van der Waals surface area contributed by atoms with Crippen LogP contribution in [0.3, 0.4) is 0 Å². The third kappa shape index (κ3) is 3.28. The average molecular weight is 397 g/mol. The maximum atomic E-state index is 13.0. The second-order valence-electron chi connectivity index (χ2n) is 10.2. The Balaban J connectivity index is 1.47. The van der Waals surface area contributed by atoms with Gasteiger partial charge in [0, 0.05) is 29.7 Å². The summed E-state index contributed by atoms with van der Waals surface area (Å²) in [6.45, 7) is 7.78. The van der Waals surface area contributed by atoms with Crippen LogP contribution >= 0.6 is 0 Å². The van der Waals surface area contributed by atoms with Crippen molar-refractivity contribution < 1.29 is 14.6 Å². The maximum absolute atomic E-state index is 13.0. The molecular formula is C24H32N2O3. The van der Waals surface area contributed by atoms with Crippen molar-refractivity contribution in [2.75, 3.05) is 13.1 Å². The summed E-state index contributed by atoms with van der Waals surface area (Å²) >= 11 is 0. The monoisotopic (exact) mass is 396 g/mol. The van der Waals surface area contributed by atoms with Gasteiger partial charge in [-0.3, -0.25) is 9.69 Å². The molecule has 5 rings (SSSR count). The molecule has 156 valence electrons. The van der Waals surface area contributed by atoms with Crippen LogP contribution < -0.4 is 0 Å². The van der Waals surface area contributed by atoms with E-state index in [1.165, 1.54) is 22.2 Å². The predicted molar refractivity (Wildman–Crippen MR) is 112 cm³/mol. The summed E-state index contributed by atoms with van der Waals surface area (Å²) in [5, 5.41) is 12.1. The van der Waals surface area contributed by atoms with E-state index in [-0.39, 0.29) is 11.9 Å². The maximum Gasteiger partial charge on any atom is 0.312 e. The molecule has 0 bridgehead atoms. The minimum Gasteiger partial charge on any atom is -0.460 e. The Morgan fingerprint density at radius 1 is 1.24 bits per heavy atom. The van der Waals surface area contributed by atoms with Crippen LogP contribution in [0.25, 0.3) is 10.9 Å². The van der Waals surface area contributed by atoms with Crippen LogP contribution in [-0.4, -0.2) is 45.8 Å². The van der Waals surface area contributed by atoms with Gasteiger partial charge in [0.25, 0.3) is 0 Å². The van der Waals surface area contributed by atoms with Gasteiger partial charge in [-0.15, -0.1) is 0 Å². The van der Waals surface area contributed by atoms with E-state index in [0.29, 0.717) is 18.4 Å². The van der Waals surface area contributed by atoms with Gasteiger partial charge in [0.1, 0.15) is 5.60 Å². The quantitative estimate of drug-likeness (QED) is 0.720. The minimum absolute atomic E-state index is 0.173. The lowest BCUT2D eigenvalue weighted by atomic mass is 9.65. The van der Waals surface area contributed by atoms with Gasteiger partial charge in [0.15, 0.2) is 0 Å². The molecule has 29 heavy (non-hydrogen) atoms. The fourth-order valence-electron chi connectivity index (χ4n) is 6.04. The number of fused-ring (bicyclic) bond motifs is 6. The predicted octanol–water partition coefficient (Wildman–Crippen LogP) is 3.82. The number of aliphatic hydroxyl groups is 1. The summed E-state index contributed by atoms with van der Waals surface area (Å²) < 4.78 is 5.73. The molecule has 3 heterocycles. The van der Waals surface area contributed by atoms with Gasteiger partial charge >= 0.3 is 5.97 Å². The van der Waals surface area contributed by atoms with Crippen LogP contribution in [0, 0.1) is 17.8 Å². The average Bonchev–Trinajstić information content (AvgIpc) is 3.04. The number of hydrogen-bond donors (Lipinski definition) is 2. The number of esters is 1. The van der Waals surface area contributed by atoms with E-state index in [4.69, 9.17) is 4.74 Å². The van der Waals surface area contributed by atoms with Crippen molar-refractivity contribution in [3.05, 3.63) is 35.5 Å². The Morgan fingerprint density at radius 2 is 2.03 bits per heavy atom. The lowest BCUT2D eigenvalue weighted by molar-refractivity contribution is -0.174. The number of carbonyl (C=O) groups is 1. The highest BCUT2D eigenvalue weighted by atomic mass is 16.6. The second kappa shape index (κ2) is 6.85. The number of hydrogen-bond acceptors (Lipinski definition) is 4. The fraction of sp³-hybridized carbons (Fsp3) is 0.625. The molecule has 2 N–H and O–H groups in total. The van der Waals surface area contributed by atoms with Crippen molar-refractivity contribution in [1.82, 2.24) is 9.88 Å². The summed E-state index contributed by atoms with van der Waals surface area (Å²) in [5.41, 5.74) is 3.43. The van der Waals surface area contributed by atoms with Gasteiger partial charge in [-0.2, -0.15) is 0 Å². The Labute approximate surface area is 172 Å². The molecule has 2 aromatic rings. The van der Waals surface area contributed by atoms with Gasteiger partial charge in [0.05, 0.1) is 18.1 Å². The van der Waals surface area contributed by atoms with Crippen LogP contribution in [0.5, 0.6) is 0 Å². The Hall–Kier alpha value is -1.85. The molecule has 1 aromatic carbocycles. The number of para-hydroxylation sites is 1. The first-order valence-electron chi connectivity index (χ1n) is 11.1. The third-order valence-corrected chi connectivity index (χ3v) is 7.23. The number of nitrogens with one attached hydrogen (secondary N) is 1. The normalized spacial score (nSPS) is 32.3. The number of rotatable bonds is 1. The molecule has 0 radical (unpaired) electrons. The number of ether oxygens (including phenoxy) is 1. The Bertz CT molecular complexity index is 928. The first kappa shape index (κ1) is 19.1. The van der Waals surface area contributed by atoms with Crippen LogP contribution in [-0.2, 0) is 16.0 Å². The Kier molecular flexibility index (Phi) is 4.52. The fourth-order valence-corrected chi connectivity index (χ4v) is 6.04. The van der Waals surface area contributed by atoms with E-state index < -0.39 is 17.6 Å². The van der Waals surface area contributed by atoms with Crippen molar-refractivity contribution >= 4 is 16.9 Å². The zero-order chi connectivity index (χ0) is 20.3. The smallest absolute Gasteiger partial charge is 0.312 e. The van der Waals surface area contributed by atoms with Gasteiger partial charge in [0.2, 0.25) is 0 Å². The van der Waals surface area contributed by atoms with Gasteiger partial charge < -0.3 is 14.8 Å². The van der Waals surface area contributed by atoms with Crippen LogP contribution in [0.1, 0.15) is 57.3 Å². The molecule has 5 nitrogen and oxygen atoms in total. The van der Waals surface area contributed by atoms with E-state index in [1.54, 1.807) is 0 Å². The SMILES string of the molecule is CC(C)(C)OC(=O)[C@@H]1[C@H]2C[C@H]3c4[nH]c5ccccc5c4CCN3C[C@@H]2CC[C@@H]1O. The molecule has 0 unspecified atom stereocenters. The van der Waals surface area contributed by atoms with E-state index in [1.807, 2.05) is 20.8 Å². The van der Waals surface area contributed by atoms with Crippen LogP contribution in [0.15, 0.2) is 24.3 Å². The lowest BCUT2D eigenvalue weighted by Crippen LogP contribution is -2.53. The number of carbonyl (C=O) groups excluding carboxylic acids is 1. The van der Waals surface area contributed by atoms with Crippen LogP contribution in [0.2, 0.25) is 0 Å². The molecule has 5 heteroatoms. The number of nitrogens with zero attached hydrogens (tertiary/aromatic N) is 1. The number of piperidine rings is 1. The van der Waals surface area contributed by atoms with Crippen molar-refractivity contribution in [2.45, 2.75) is 64.2 Å². The van der Waals surface area contributed by atoms with Gasteiger partial charge in [-0.05, 0) is 69.9 Å². The largest absolute Gasteiger partial charge is 0.460 e. The minimum atomic E-state index is -0.594. The van der Waals surface area contributed by atoms with E-state index >= 15 is 0 Å². The molecule has 1 saturated heterocycles. The van der Waals surface area contributed by atoms with Crippen molar-refractivity contribution in [2.24, 2.45) is 17.8 Å². The van der Waals surface area contributed by atoms with Crippen molar-refractivity contribution in [1.29, 1.82) is 0 Å². The number of aromatic nitrogens is 1. The highest BCUT2D eigenvalue weighted by Gasteiger charge is 2.50. The summed E-state index contributed by atoms with van der Waals surface area (Å²) in [6, 6.07) is 8.84. The first-order chi connectivity index (χ1) is 13.8. The zero-order valence-corrected chi connectivity index (χ0v) is 17.6. The van der Waals surface area contributed by atoms with Crippen molar-refractivity contribution in [3.8, 4) is 0 Å². The highest BCUT2D eigenvalue weighted by molar-refractivity contribution is 5.85. The third-order valence-electron chi connectivity index (χ3n) is 7.23. The summed E-state index contributed by atoms with van der Waals surface area (Å²) in [5.74, 6) is -0.00369. The number of H-pyrrole nitrogens is 1. The molecule has 1 aliphatic carbocycles. The molecule has 5 atom stereocenters. The van der Waals surface area contributed by atoms with Gasteiger partial charge in [-0.1, -0.05) is 18.2 Å². The standard InChI is InChI=1S/C24H32N2O3/c1-24(2,3)29-23(28)21-17-12-19-22-16(15-6-4-5-7-18(15)25-22)10-11-26(19)13-14(17)8-9-20(21)27/h4-7,14,17,19-21,25,27H,8-13H2,1-3H3/t14-,17-,19-,20-,21+/m0/s1. The summed E-state index contributed by atoms with van der Waals surface area (Å²) in [4.78, 5) is 19.3. The number of aromatic amines is 1. The number of benzene rings is 1. The molecule has 0 amide bonds. The van der Waals surface area contributed by atoms with E-state index in [9.17, 15) is 9.90 Å². The summed E-state index contributed by atoms with van der Waals surface area (Å²) in [7, 11) is 0. The molecule has 0 spiro atoms. The van der Waals surface area contributed by atoms with Gasteiger partial charge in [-0.25, -0.2) is 0 Å². The lowest BCUT2D eigenvalue weighted by Gasteiger charge is -2.51. The highest BCUT2D eigenvalue weighted by Crippen LogP contribution is 2.49. The van der Waals surface area contributed by atoms with E-state index in [0.717, 1.165) is 32.4 Å². The molecule has 2 aliphatic heterocycles. The van der Waals surface area contributed by atoms with Crippen LogP contribution in [0.4, 0.5) is 0 Å². The Morgan fingerprint density at radius 3 is 2.83 bits per heavy atom.